The summed E-state index contributed by atoms with van der Waals surface area (Å²) >= 11 is 0. The fraction of sp³-hybridized carbons (Fsp3) is 0.381. The molecule has 2 saturated carbocycles. The fourth-order valence-corrected chi connectivity index (χ4v) is 3.01. The summed E-state index contributed by atoms with van der Waals surface area (Å²) in [4.78, 5) is 28.4. The summed E-state index contributed by atoms with van der Waals surface area (Å²) in [5, 5.41) is 5.32. The van der Waals surface area contributed by atoms with Crippen molar-refractivity contribution >= 4 is 23.5 Å². The molecule has 31 heavy (non-hydrogen) atoms. The molecule has 2 aromatic rings. The van der Waals surface area contributed by atoms with Gasteiger partial charge in [-0.25, -0.2) is 4.98 Å². The number of aromatic nitrogens is 1. The molecule has 0 atom stereocenters. The van der Waals surface area contributed by atoms with Crippen LogP contribution < -0.4 is 10.6 Å². The second-order valence-corrected chi connectivity index (χ2v) is 7.80. The van der Waals surface area contributed by atoms with E-state index in [4.69, 9.17) is 0 Å². The summed E-state index contributed by atoms with van der Waals surface area (Å²) < 4.78 is 64.9. The van der Waals surface area contributed by atoms with E-state index < -0.39 is 17.7 Å². The predicted octanol–water partition coefficient (Wildman–Crippen LogP) is 5.10. The predicted molar refractivity (Wildman–Crippen MR) is 102 cm³/mol. The van der Waals surface area contributed by atoms with Crippen molar-refractivity contribution in [2.24, 2.45) is 11.8 Å². The number of carbonyl (C=O) groups is 2. The van der Waals surface area contributed by atoms with E-state index in [1.54, 1.807) is 0 Å². The van der Waals surface area contributed by atoms with E-state index in [1.807, 2.05) is 0 Å². The van der Waals surface area contributed by atoms with Gasteiger partial charge < -0.3 is 10.6 Å². The third-order valence-electron chi connectivity index (χ3n) is 5.16. The van der Waals surface area contributed by atoms with E-state index >= 15 is 0 Å². The molecule has 0 unspecified atom stereocenters. The monoisotopic (exact) mass is 439 g/mol. The molecule has 2 amide bonds. The van der Waals surface area contributed by atoms with Gasteiger partial charge in [-0.2, -0.15) is 22.0 Å². The number of hydrogen-bond donors (Lipinski definition) is 2. The molecular weight excluding hydrogens is 421 g/mol. The van der Waals surface area contributed by atoms with E-state index in [9.17, 15) is 31.5 Å². The zero-order valence-electron chi connectivity index (χ0n) is 16.1. The molecule has 0 bridgehead atoms. The van der Waals surface area contributed by atoms with Crippen LogP contribution in [-0.4, -0.2) is 23.0 Å². The van der Waals surface area contributed by atoms with Crippen molar-refractivity contribution in [2.75, 3.05) is 10.6 Å². The van der Waals surface area contributed by atoms with Gasteiger partial charge in [0.2, 0.25) is 11.8 Å². The molecular formula is C21H18F5N3O2. The number of benzene rings is 1. The Bertz CT molecular complexity index is 968. The third-order valence-corrected chi connectivity index (χ3v) is 5.16. The number of anilines is 2. The third kappa shape index (κ3) is 4.67. The molecule has 0 aliphatic heterocycles. The maximum absolute atomic E-state index is 13.5. The number of amides is 2. The van der Waals surface area contributed by atoms with Gasteiger partial charge in [-0.1, -0.05) is 24.3 Å². The first kappa shape index (κ1) is 21.2. The first-order valence-electron chi connectivity index (χ1n) is 9.74. The number of halogens is 5. The number of nitrogens with one attached hydrogen (secondary N) is 2. The minimum atomic E-state index is -5.70. The maximum atomic E-state index is 13.5. The Morgan fingerprint density at radius 3 is 1.61 bits per heavy atom. The van der Waals surface area contributed by atoms with Crippen LogP contribution in [0.5, 0.6) is 0 Å². The lowest BCUT2D eigenvalue weighted by Crippen LogP contribution is -2.33. The molecule has 2 aliphatic carbocycles. The molecule has 2 aliphatic rings. The lowest BCUT2D eigenvalue weighted by atomic mass is 10.0. The van der Waals surface area contributed by atoms with Gasteiger partial charge in [-0.3, -0.25) is 9.59 Å². The van der Waals surface area contributed by atoms with Gasteiger partial charge in [0.15, 0.2) is 0 Å². The molecule has 2 N–H and O–H groups in total. The summed E-state index contributed by atoms with van der Waals surface area (Å²) in [6.45, 7) is 0. The molecule has 5 nitrogen and oxygen atoms in total. The quantitative estimate of drug-likeness (QED) is 0.616. The van der Waals surface area contributed by atoms with Crippen LogP contribution in [0.2, 0.25) is 0 Å². The molecule has 10 heteroatoms. The first-order valence-corrected chi connectivity index (χ1v) is 9.74. The van der Waals surface area contributed by atoms with Crippen LogP contribution >= 0.6 is 0 Å². The van der Waals surface area contributed by atoms with Crippen LogP contribution in [0.15, 0.2) is 36.4 Å². The molecule has 0 saturated heterocycles. The van der Waals surface area contributed by atoms with Crippen LogP contribution in [0.4, 0.5) is 33.6 Å². The number of rotatable bonds is 6. The zero-order chi connectivity index (χ0) is 22.4. The molecule has 1 heterocycles. The molecule has 4 rings (SSSR count). The first-order chi connectivity index (χ1) is 14.5. The van der Waals surface area contributed by atoms with Crippen molar-refractivity contribution in [1.82, 2.24) is 4.98 Å². The van der Waals surface area contributed by atoms with Crippen LogP contribution in [0.3, 0.4) is 0 Å². The Morgan fingerprint density at radius 2 is 1.23 bits per heavy atom. The molecule has 0 spiro atoms. The Balaban J connectivity index is 1.63. The summed E-state index contributed by atoms with van der Waals surface area (Å²) in [6, 6.07) is 6.61. The maximum Gasteiger partial charge on any atom is 0.458 e. The van der Waals surface area contributed by atoms with Crippen molar-refractivity contribution in [1.29, 1.82) is 0 Å². The highest BCUT2D eigenvalue weighted by Crippen LogP contribution is 2.44. The lowest BCUT2D eigenvalue weighted by Gasteiger charge is -2.20. The number of alkyl halides is 5. The van der Waals surface area contributed by atoms with E-state index in [2.05, 4.69) is 15.6 Å². The van der Waals surface area contributed by atoms with Crippen LogP contribution in [0, 0.1) is 11.8 Å². The standard InChI is InChI=1S/C21H18F5N3O2/c22-20(23,21(24,25)26)15-7-5-11(6-8-15)14-9-16(28-18(30)12-1-2-12)27-17(10-14)29-19(31)13-3-4-13/h5-10,12-13H,1-4H2,(H2,27,28,29,30,31). The average molecular weight is 439 g/mol. The topological polar surface area (TPSA) is 71.1 Å². The molecule has 1 aromatic carbocycles. The van der Waals surface area contributed by atoms with Crippen LogP contribution in [-0.2, 0) is 15.5 Å². The van der Waals surface area contributed by atoms with E-state index in [-0.39, 0.29) is 35.3 Å². The Morgan fingerprint density at radius 1 is 0.774 bits per heavy atom. The van der Waals surface area contributed by atoms with E-state index in [0.29, 0.717) is 23.3 Å². The molecule has 2 fully saturated rings. The average Bonchev–Trinajstić information content (AvgIpc) is 3.59. The minimum Gasteiger partial charge on any atom is -0.310 e. The normalized spacial score (nSPS) is 16.7. The van der Waals surface area contributed by atoms with Crippen molar-refractivity contribution in [3.05, 3.63) is 42.0 Å². The highest BCUT2D eigenvalue weighted by Gasteiger charge is 2.58. The minimum absolute atomic E-state index is 0.0983. The van der Waals surface area contributed by atoms with Crippen molar-refractivity contribution in [2.45, 2.75) is 37.8 Å². The summed E-state index contributed by atoms with van der Waals surface area (Å²) in [5.74, 6) is -5.29. The van der Waals surface area contributed by atoms with Gasteiger partial charge in [0.25, 0.3) is 0 Å². The Labute approximate surface area is 174 Å². The SMILES string of the molecule is O=C(Nc1cc(-c2ccc(C(F)(F)C(F)(F)F)cc2)cc(NC(=O)C2CC2)n1)C1CC1. The lowest BCUT2D eigenvalue weighted by molar-refractivity contribution is -0.289. The van der Waals surface area contributed by atoms with Gasteiger partial charge in [-0.15, -0.1) is 0 Å². The second-order valence-electron chi connectivity index (χ2n) is 7.80. The van der Waals surface area contributed by atoms with E-state index in [1.165, 1.54) is 12.1 Å². The van der Waals surface area contributed by atoms with Gasteiger partial charge in [0.05, 0.1) is 0 Å². The summed E-state index contributed by atoms with van der Waals surface area (Å²) in [7, 11) is 0. The summed E-state index contributed by atoms with van der Waals surface area (Å²) in [6.07, 6.45) is -2.62. The molecule has 1 aromatic heterocycles. The summed E-state index contributed by atoms with van der Waals surface area (Å²) in [5.41, 5.74) is -0.454. The van der Waals surface area contributed by atoms with E-state index in [0.717, 1.165) is 37.8 Å². The van der Waals surface area contributed by atoms with Crippen molar-refractivity contribution in [3.63, 3.8) is 0 Å². The number of pyridine rings is 1. The highest BCUT2D eigenvalue weighted by molar-refractivity contribution is 5.96. The van der Waals surface area contributed by atoms with Gasteiger partial charge in [0, 0.05) is 17.4 Å². The molecule has 0 radical (unpaired) electrons. The largest absolute Gasteiger partial charge is 0.458 e. The van der Waals surface area contributed by atoms with Crippen molar-refractivity contribution < 1.29 is 31.5 Å². The zero-order valence-corrected chi connectivity index (χ0v) is 16.1. The number of carbonyl (C=O) groups excluding carboxylic acids is 2. The van der Waals surface area contributed by atoms with Gasteiger partial charge >= 0.3 is 12.1 Å². The van der Waals surface area contributed by atoms with Crippen LogP contribution in [0.25, 0.3) is 11.1 Å². The fourth-order valence-electron chi connectivity index (χ4n) is 3.01. The number of hydrogen-bond acceptors (Lipinski definition) is 3. The Hall–Kier alpha value is -3.04. The van der Waals surface area contributed by atoms with Gasteiger partial charge in [-0.05, 0) is 48.9 Å². The second kappa shape index (κ2) is 7.58. The molecule has 164 valence electrons. The Kier molecular flexibility index (Phi) is 5.18. The van der Waals surface area contributed by atoms with Crippen LogP contribution in [0.1, 0.15) is 31.2 Å². The van der Waals surface area contributed by atoms with Crippen molar-refractivity contribution in [3.8, 4) is 11.1 Å². The van der Waals surface area contributed by atoms with Gasteiger partial charge in [0.1, 0.15) is 11.6 Å². The highest BCUT2D eigenvalue weighted by atomic mass is 19.4. The number of nitrogens with zero attached hydrogens (tertiary/aromatic N) is 1. The smallest absolute Gasteiger partial charge is 0.310 e.